The molecular formula is C27H30FN5O3. The van der Waals surface area contributed by atoms with Crippen LogP contribution in [0, 0.1) is 12.7 Å². The lowest BCUT2D eigenvalue weighted by Crippen LogP contribution is -2.35. The summed E-state index contributed by atoms with van der Waals surface area (Å²) in [5, 5.41) is 3.18. The van der Waals surface area contributed by atoms with Crippen LogP contribution in [0.1, 0.15) is 36.2 Å². The van der Waals surface area contributed by atoms with Crippen molar-refractivity contribution in [3.8, 4) is 11.4 Å². The number of carbonyl (C=O) groups excluding carboxylic acids is 1. The van der Waals surface area contributed by atoms with Gasteiger partial charge >= 0.3 is 0 Å². The quantitative estimate of drug-likeness (QED) is 0.358. The highest BCUT2D eigenvalue weighted by atomic mass is 19.1. The molecule has 1 fully saturated rings. The number of hydrogen-bond donors (Lipinski definition) is 1. The first-order valence-corrected chi connectivity index (χ1v) is 11.7. The van der Waals surface area contributed by atoms with Gasteiger partial charge in [-0.1, -0.05) is 18.2 Å². The Kier molecular flexibility index (Phi) is 7.80. The monoisotopic (exact) mass is 491 g/mol. The first-order chi connectivity index (χ1) is 17.4. The Balaban J connectivity index is 1.65. The molecule has 36 heavy (non-hydrogen) atoms. The summed E-state index contributed by atoms with van der Waals surface area (Å²) in [6.07, 6.45) is 6.14. The smallest absolute Gasteiger partial charge is 0.277 e. The molecule has 1 aliphatic rings. The predicted octanol–water partition coefficient (Wildman–Crippen LogP) is 4.25. The topological polar surface area (TPSA) is 81.0 Å². The van der Waals surface area contributed by atoms with Gasteiger partial charge in [0.25, 0.3) is 5.91 Å². The van der Waals surface area contributed by atoms with E-state index in [-0.39, 0.29) is 17.8 Å². The standard InChI is InChI=1S/C27H30FN5O3/c1-18-16-32(17-30-18)24-11-6-20(15-25(24)36-4)14-23-26(34)33(27(31-23)29-12-5-13-35-3)19(2)21-7-9-22(28)10-8-21/h6-11,14-17,19H,5,12-13H2,1-4H3,(H,29,31)/t19-/m0/s1. The van der Waals surface area contributed by atoms with E-state index in [1.165, 1.54) is 12.1 Å². The van der Waals surface area contributed by atoms with E-state index in [0.717, 1.165) is 28.9 Å². The van der Waals surface area contributed by atoms with Gasteiger partial charge in [-0.05, 0) is 61.7 Å². The number of aromatic nitrogens is 2. The highest BCUT2D eigenvalue weighted by Crippen LogP contribution is 2.29. The van der Waals surface area contributed by atoms with E-state index in [0.29, 0.717) is 30.6 Å². The average molecular weight is 492 g/mol. The van der Waals surface area contributed by atoms with Gasteiger partial charge in [-0.2, -0.15) is 0 Å². The second kappa shape index (κ2) is 11.2. The van der Waals surface area contributed by atoms with Gasteiger partial charge in [0.2, 0.25) is 5.96 Å². The zero-order valence-corrected chi connectivity index (χ0v) is 20.9. The minimum Gasteiger partial charge on any atom is -0.495 e. The minimum atomic E-state index is -0.348. The van der Waals surface area contributed by atoms with E-state index in [4.69, 9.17) is 9.47 Å². The van der Waals surface area contributed by atoms with Crippen LogP contribution >= 0.6 is 0 Å². The molecular weight excluding hydrogens is 461 g/mol. The third-order valence-corrected chi connectivity index (χ3v) is 5.94. The molecule has 0 bridgehead atoms. The van der Waals surface area contributed by atoms with Crippen molar-refractivity contribution < 1.29 is 18.7 Å². The number of ether oxygens (including phenoxy) is 2. The average Bonchev–Trinajstić information content (AvgIpc) is 3.44. The van der Waals surface area contributed by atoms with Crippen molar-refractivity contribution in [2.45, 2.75) is 26.3 Å². The van der Waals surface area contributed by atoms with E-state index in [2.05, 4.69) is 15.3 Å². The van der Waals surface area contributed by atoms with Crippen LogP contribution < -0.4 is 10.1 Å². The summed E-state index contributed by atoms with van der Waals surface area (Å²) in [5.41, 5.74) is 3.73. The number of aliphatic imine (C=N–C) groups is 1. The molecule has 0 unspecified atom stereocenters. The Morgan fingerprint density at radius 2 is 1.97 bits per heavy atom. The molecule has 1 amide bonds. The van der Waals surface area contributed by atoms with Crippen molar-refractivity contribution in [1.29, 1.82) is 0 Å². The normalized spacial score (nSPS) is 16.6. The number of rotatable bonds is 9. The van der Waals surface area contributed by atoms with E-state index in [9.17, 15) is 9.18 Å². The van der Waals surface area contributed by atoms with Crippen molar-refractivity contribution in [3.63, 3.8) is 0 Å². The number of aryl methyl sites for hydroxylation is 1. The SMILES string of the molecule is COCCCN=C1NC(=Cc2ccc(-n3cnc(C)c3)c(OC)c2)C(=O)N1[C@@H](C)c1ccc(F)cc1. The van der Waals surface area contributed by atoms with Crippen LogP contribution in [0.25, 0.3) is 11.8 Å². The van der Waals surface area contributed by atoms with Crippen molar-refractivity contribution in [2.24, 2.45) is 4.99 Å². The minimum absolute atomic E-state index is 0.217. The number of benzene rings is 2. The third-order valence-electron chi connectivity index (χ3n) is 5.94. The summed E-state index contributed by atoms with van der Waals surface area (Å²) >= 11 is 0. The van der Waals surface area contributed by atoms with Crippen LogP contribution in [-0.2, 0) is 9.53 Å². The Morgan fingerprint density at radius 1 is 1.19 bits per heavy atom. The number of amides is 1. The van der Waals surface area contributed by atoms with Gasteiger partial charge in [-0.25, -0.2) is 9.37 Å². The summed E-state index contributed by atoms with van der Waals surface area (Å²) < 4.78 is 26.1. The van der Waals surface area contributed by atoms with Gasteiger partial charge in [0.15, 0.2) is 0 Å². The molecule has 1 aromatic heterocycles. The second-order valence-electron chi connectivity index (χ2n) is 8.49. The molecule has 1 aliphatic heterocycles. The molecule has 9 heteroatoms. The first kappa shape index (κ1) is 25.1. The van der Waals surface area contributed by atoms with E-state index in [1.54, 1.807) is 43.7 Å². The van der Waals surface area contributed by atoms with Crippen molar-refractivity contribution in [3.05, 3.63) is 83.3 Å². The number of halogens is 1. The van der Waals surface area contributed by atoms with Crippen molar-refractivity contribution in [1.82, 2.24) is 19.8 Å². The van der Waals surface area contributed by atoms with Gasteiger partial charge in [0, 0.05) is 26.5 Å². The van der Waals surface area contributed by atoms with Crippen molar-refractivity contribution >= 4 is 17.9 Å². The molecule has 2 aromatic carbocycles. The molecule has 0 radical (unpaired) electrons. The maximum absolute atomic E-state index is 13.5. The molecule has 3 aromatic rings. The predicted molar refractivity (Wildman–Crippen MR) is 136 cm³/mol. The van der Waals surface area contributed by atoms with Gasteiger partial charge in [-0.15, -0.1) is 0 Å². The lowest BCUT2D eigenvalue weighted by Gasteiger charge is -2.24. The Labute approximate surface area is 210 Å². The molecule has 8 nitrogen and oxygen atoms in total. The number of hydrogen-bond acceptors (Lipinski definition) is 5. The second-order valence-corrected chi connectivity index (χ2v) is 8.49. The van der Waals surface area contributed by atoms with E-state index in [1.807, 2.05) is 42.8 Å². The highest BCUT2D eigenvalue weighted by molar-refractivity contribution is 6.15. The number of imidazole rings is 1. The molecule has 0 saturated carbocycles. The molecule has 1 atom stereocenters. The number of guanidine groups is 1. The summed E-state index contributed by atoms with van der Waals surface area (Å²) in [4.78, 5) is 24.0. The highest BCUT2D eigenvalue weighted by Gasteiger charge is 2.36. The lowest BCUT2D eigenvalue weighted by atomic mass is 10.1. The van der Waals surface area contributed by atoms with Crippen LogP contribution in [0.3, 0.4) is 0 Å². The third kappa shape index (κ3) is 5.46. The maximum atomic E-state index is 13.5. The fraction of sp³-hybridized carbons (Fsp3) is 0.296. The van der Waals surface area contributed by atoms with Crippen LogP contribution in [0.2, 0.25) is 0 Å². The molecule has 4 rings (SSSR count). The number of methoxy groups -OCH3 is 2. The van der Waals surface area contributed by atoms with Crippen LogP contribution in [0.15, 0.2) is 65.7 Å². The fourth-order valence-corrected chi connectivity index (χ4v) is 4.03. The fourth-order valence-electron chi connectivity index (χ4n) is 4.03. The first-order valence-electron chi connectivity index (χ1n) is 11.7. The number of nitrogens with one attached hydrogen (secondary N) is 1. The zero-order chi connectivity index (χ0) is 25.7. The molecule has 188 valence electrons. The summed E-state index contributed by atoms with van der Waals surface area (Å²) in [6.45, 7) is 4.89. The van der Waals surface area contributed by atoms with Crippen LogP contribution in [-0.4, -0.2) is 53.7 Å². The van der Waals surface area contributed by atoms with Gasteiger partial charge < -0.3 is 19.4 Å². The number of nitrogens with zero attached hydrogens (tertiary/aromatic N) is 4. The van der Waals surface area contributed by atoms with Crippen LogP contribution in [0.4, 0.5) is 4.39 Å². The largest absolute Gasteiger partial charge is 0.495 e. The Morgan fingerprint density at radius 3 is 2.64 bits per heavy atom. The van der Waals surface area contributed by atoms with Crippen LogP contribution in [0.5, 0.6) is 5.75 Å². The van der Waals surface area contributed by atoms with E-state index >= 15 is 0 Å². The molecule has 1 saturated heterocycles. The summed E-state index contributed by atoms with van der Waals surface area (Å²) in [5.74, 6) is 0.563. The lowest BCUT2D eigenvalue weighted by molar-refractivity contribution is -0.123. The molecule has 0 spiro atoms. The van der Waals surface area contributed by atoms with Crippen molar-refractivity contribution in [2.75, 3.05) is 27.4 Å². The summed E-state index contributed by atoms with van der Waals surface area (Å²) in [7, 11) is 3.25. The summed E-state index contributed by atoms with van der Waals surface area (Å²) in [6, 6.07) is 11.5. The maximum Gasteiger partial charge on any atom is 0.277 e. The molecule has 2 heterocycles. The Hall–Kier alpha value is -3.98. The number of carbonyl (C=O) groups is 1. The molecule has 1 N–H and O–H groups in total. The molecule has 0 aliphatic carbocycles. The van der Waals surface area contributed by atoms with Gasteiger partial charge in [0.1, 0.15) is 17.3 Å². The van der Waals surface area contributed by atoms with Gasteiger partial charge in [-0.3, -0.25) is 14.7 Å². The van der Waals surface area contributed by atoms with Gasteiger partial charge in [0.05, 0.1) is 30.9 Å². The Bertz CT molecular complexity index is 1280. The van der Waals surface area contributed by atoms with E-state index < -0.39 is 0 Å². The zero-order valence-electron chi connectivity index (χ0n) is 20.9.